The van der Waals surface area contributed by atoms with Crippen molar-refractivity contribution >= 4 is 161 Å². The monoisotopic (exact) mass is 612 g/mol. The first kappa shape index (κ1) is 22.8. The molecule has 0 unspecified atom stereocenters. The molecule has 0 N–H and O–H groups in total. The van der Waals surface area contributed by atoms with Crippen LogP contribution in [0.25, 0.3) is 21.5 Å². The Morgan fingerprint density at radius 2 is 0.536 bits per heavy atom. The average molecular weight is 618 g/mol. The zero-order chi connectivity index (χ0) is 21.1. The Hall–Kier alpha value is 1.66. The molecule has 4 rings (SSSR count). The maximum absolute atomic E-state index is 6.51. The maximum Gasteiger partial charge on any atom is 0.181 e. The molecule has 12 heteroatoms. The van der Waals surface area contributed by atoms with Gasteiger partial charge in [0.15, 0.2) is 8.67 Å². The van der Waals surface area contributed by atoms with Gasteiger partial charge in [-0.25, -0.2) is 0 Å². The van der Waals surface area contributed by atoms with Gasteiger partial charge in [0.2, 0.25) is 0 Å². The smallest absolute Gasteiger partial charge is 0.0925 e. The van der Waals surface area contributed by atoms with Crippen molar-refractivity contribution in [1.29, 1.82) is 0 Å². The summed E-state index contributed by atoms with van der Waals surface area (Å²) in [5.41, 5.74) is 0.537. The van der Waals surface area contributed by atoms with Gasteiger partial charge in [-0.1, -0.05) is 139 Å². The van der Waals surface area contributed by atoms with Crippen LogP contribution in [0.4, 0.5) is 0 Å². The van der Waals surface area contributed by atoms with E-state index in [1.165, 1.54) is 0 Å². The Balaban J connectivity index is 2.52. The van der Waals surface area contributed by atoms with E-state index in [0.717, 1.165) is 0 Å². The van der Waals surface area contributed by atoms with Crippen LogP contribution in [0.15, 0.2) is 0 Å². The molecule has 3 aromatic carbocycles. The Bertz CT molecular complexity index is 1140. The highest BCUT2D eigenvalue weighted by atomic mass is 35.5. The van der Waals surface area contributed by atoms with Crippen LogP contribution in [-0.2, 0) is 8.67 Å². The molecule has 0 aliphatic heterocycles. The van der Waals surface area contributed by atoms with Crippen molar-refractivity contribution < 1.29 is 0 Å². The summed E-state index contributed by atoms with van der Waals surface area (Å²) in [5.74, 6) is 0. The SMILES string of the molecule is Clc1c(Cl)c(Cl)c2c(c1Cl)c1c(c3c(Cl)c(Cl)c(Cl)c(Cl)c32)C(Cl)(Cl)C1(Cl)Cl. The Kier molecular flexibility index (Phi) is 5.77. The van der Waals surface area contributed by atoms with Gasteiger partial charge in [-0.05, 0) is 0 Å². The molecule has 0 radical (unpaired) electrons. The van der Waals surface area contributed by atoms with Gasteiger partial charge < -0.3 is 0 Å². The third kappa shape index (κ3) is 2.62. The van der Waals surface area contributed by atoms with Gasteiger partial charge in [0.25, 0.3) is 0 Å². The Labute approximate surface area is 218 Å². The quantitative estimate of drug-likeness (QED) is 0.102. The number of halogens is 12. The van der Waals surface area contributed by atoms with Crippen LogP contribution in [0, 0.1) is 0 Å². The van der Waals surface area contributed by atoms with Crippen molar-refractivity contribution in [3.63, 3.8) is 0 Å². The maximum atomic E-state index is 6.51. The molecular weight excluding hydrogens is 618 g/mol. The molecule has 148 valence electrons. The second-order valence-electron chi connectivity index (χ2n) is 5.91. The third-order valence-electron chi connectivity index (χ3n) is 4.56. The molecule has 0 heterocycles. The summed E-state index contributed by atoms with van der Waals surface area (Å²) in [7, 11) is 0. The fourth-order valence-corrected chi connectivity index (χ4v) is 6.55. The van der Waals surface area contributed by atoms with Crippen molar-refractivity contribution in [1.82, 2.24) is 0 Å². The third-order valence-corrected chi connectivity index (χ3v) is 10.4. The van der Waals surface area contributed by atoms with Crippen LogP contribution in [0.3, 0.4) is 0 Å². The molecule has 0 amide bonds. The normalized spacial score (nSPS) is 17.1. The first-order valence-corrected chi connectivity index (χ1v) is 11.6. The van der Waals surface area contributed by atoms with Crippen molar-refractivity contribution in [3.8, 4) is 0 Å². The molecular formula is C16Cl12. The first-order chi connectivity index (χ1) is 12.8. The van der Waals surface area contributed by atoms with E-state index in [4.69, 9.17) is 139 Å². The number of rotatable bonds is 0. The Morgan fingerprint density at radius 1 is 0.321 bits per heavy atom. The molecule has 0 atom stereocenters. The van der Waals surface area contributed by atoms with Crippen molar-refractivity contribution in [2.75, 3.05) is 0 Å². The lowest BCUT2D eigenvalue weighted by Crippen LogP contribution is -2.44. The van der Waals surface area contributed by atoms with E-state index in [-0.39, 0.29) is 72.9 Å². The Morgan fingerprint density at radius 3 is 0.786 bits per heavy atom. The van der Waals surface area contributed by atoms with Crippen LogP contribution in [0.1, 0.15) is 11.1 Å². The summed E-state index contributed by atoms with van der Waals surface area (Å²) < 4.78 is -3.55. The molecule has 1 aliphatic carbocycles. The standard InChI is InChI=1S/C16Cl12/c17-7-1-2-4(10(20)14(24)12(22)8(2)18)6-5(15(25,26)16(6,27)28)3(1)9(19)13(23)11(7)21. The predicted octanol–water partition coefficient (Wildman–Crippen LogP) is 11.5. The van der Waals surface area contributed by atoms with Crippen LogP contribution in [-0.4, -0.2) is 0 Å². The topological polar surface area (TPSA) is 0 Å². The molecule has 0 fully saturated rings. The molecule has 1 aliphatic rings. The lowest BCUT2D eigenvalue weighted by atomic mass is 9.78. The van der Waals surface area contributed by atoms with E-state index < -0.39 is 8.67 Å². The highest BCUT2D eigenvalue weighted by Crippen LogP contribution is 2.72. The van der Waals surface area contributed by atoms with Crippen LogP contribution in [0.2, 0.25) is 40.2 Å². The van der Waals surface area contributed by atoms with Crippen LogP contribution in [0.5, 0.6) is 0 Å². The van der Waals surface area contributed by atoms with E-state index >= 15 is 0 Å². The van der Waals surface area contributed by atoms with Crippen LogP contribution < -0.4 is 0 Å². The second kappa shape index (κ2) is 7.08. The largest absolute Gasteiger partial charge is 0.181 e. The number of hydrogen-bond donors (Lipinski definition) is 0. The second-order valence-corrected chi connectivity index (χ2v) is 11.6. The van der Waals surface area contributed by atoms with E-state index in [0.29, 0.717) is 0 Å². The van der Waals surface area contributed by atoms with Crippen molar-refractivity contribution in [3.05, 3.63) is 51.3 Å². The minimum atomic E-state index is -1.77. The number of benzene rings is 3. The molecule has 0 bridgehead atoms. The van der Waals surface area contributed by atoms with Gasteiger partial charge in [-0.3, -0.25) is 0 Å². The van der Waals surface area contributed by atoms with Gasteiger partial charge in [-0.15, -0.1) is 0 Å². The van der Waals surface area contributed by atoms with E-state index in [9.17, 15) is 0 Å². The zero-order valence-electron chi connectivity index (χ0n) is 12.5. The molecule has 0 saturated carbocycles. The minimum Gasteiger partial charge on any atom is -0.0925 e. The molecule has 28 heavy (non-hydrogen) atoms. The van der Waals surface area contributed by atoms with Gasteiger partial charge in [-0.2, -0.15) is 0 Å². The summed E-state index contributed by atoms with van der Waals surface area (Å²) in [6.07, 6.45) is 0. The van der Waals surface area contributed by atoms with Gasteiger partial charge in [0.05, 0.1) is 40.2 Å². The molecule has 3 aromatic rings. The zero-order valence-corrected chi connectivity index (χ0v) is 21.6. The lowest BCUT2D eigenvalue weighted by Gasteiger charge is -2.47. The van der Waals surface area contributed by atoms with Crippen molar-refractivity contribution in [2.24, 2.45) is 0 Å². The molecule has 0 saturated heterocycles. The van der Waals surface area contributed by atoms with Crippen molar-refractivity contribution in [2.45, 2.75) is 8.67 Å². The molecule has 0 nitrogen and oxygen atoms in total. The summed E-state index contributed by atoms with van der Waals surface area (Å²) in [6.45, 7) is 0. The molecule has 0 aromatic heterocycles. The summed E-state index contributed by atoms with van der Waals surface area (Å²) in [5, 5.41) is 1.28. The first-order valence-electron chi connectivity index (χ1n) is 7.02. The van der Waals surface area contributed by atoms with Gasteiger partial charge in [0.1, 0.15) is 0 Å². The summed E-state index contributed by atoms with van der Waals surface area (Å²) in [6, 6.07) is 0. The van der Waals surface area contributed by atoms with Gasteiger partial charge in [0, 0.05) is 32.7 Å². The van der Waals surface area contributed by atoms with E-state index in [2.05, 4.69) is 0 Å². The van der Waals surface area contributed by atoms with Crippen LogP contribution >= 0.6 is 139 Å². The number of alkyl halides is 4. The highest BCUT2D eigenvalue weighted by molar-refractivity contribution is 6.67. The fourth-order valence-electron chi connectivity index (χ4n) is 3.33. The summed E-state index contributed by atoms with van der Waals surface area (Å²) >= 11 is 76.9. The summed E-state index contributed by atoms with van der Waals surface area (Å²) in [4.78, 5) is 0. The minimum absolute atomic E-state index is 0.00239. The predicted molar refractivity (Wildman–Crippen MR) is 128 cm³/mol. The molecule has 0 spiro atoms. The lowest BCUT2D eigenvalue weighted by molar-refractivity contribution is 0.648. The number of hydrogen-bond acceptors (Lipinski definition) is 0. The highest BCUT2D eigenvalue weighted by Gasteiger charge is 2.63. The average Bonchev–Trinajstić information content (AvgIpc) is 2.64. The van der Waals surface area contributed by atoms with Gasteiger partial charge >= 0.3 is 0 Å². The number of fused-ring (bicyclic) bond motifs is 6. The van der Waals surface area contributed by atoms with E-state index in [1.54, 1.807) is 0 Å². The fraction of sp³-hybridized carbons (Fsp3) is 0.125. The van der Waals surface area contributed by atoms with E-state index in [1.807, 2.05) is 0 Å².